The number of anilines is 1. The van der Waals surface area contributed by atoms with Crippen molar-refractivity contribution in [2.45, 2.75) is 38.6 Å². The van der Waals surface area contributed by atoms with E-state index in [1.807, 2.05) is 31.3 Å². The van der Waals surface area contributed by atoms with Crippen LogP contribution in [0.5, 0.6) is 0 Å². The molecule has 0 unspecified atom stereocenters. The van der Waals surface area contributed by atoms with Gasteiger partial charge in [-0.1, -0.05) is 12.8 Å². The molecule has 1 aliphatic carbocycles. The lowest BCUT2D eigenvalue weighted by Gasteiger charge is -2.12. The molecule has 1 fully saturated rings. The Hall–Kier alpha value is -2.50. The Balaban J connectivity index is 1.65. The Bertz CT molecular complexity index is 803. The summed E-state index contributed by atoms with van der Waals surface area (Å²) < 4.78 is 1.78. The van der Waals surface area contributed by atoms with Crippen LogP contribution in [0.3, 0.4) is 0 Å². The highest BCUT2D eigenvalue weighted by molar-refractivity contribution is 5.58. The van der Waals surface area contributed by atoms with Crippen molar-refractivity contribution in [1.29, 1.82) is 0 Å². The van der Waals surface area contributed by atoms with Crippen LogP contribution in [-0.2, 0) is 0 Å². The smallest absolute Gasteiger partial charge is 0.223 e. The van der Waals surface area contributed by atoms with Crippen LogP contribution in [0.2, 0.25) is 0 Å². The van der Waals surface area contributed by atoms with Gasteiger partial charge in [-0.25, -0.2) is 19.5 Å². The number of aryl methyl sites for hydroxylation is 1. The fourth-order valence-electron chi connectivity index (χ4n) is 2.96. The van der Waals surface area contributed by atoms with Crippen molar-refractivity contribution >= 4 is 11.6 Å². The summed E-state index contributed by atoms with van der Waals surface area (Å²) in [7, 11) is 0. The summed E-state index contributed by atoms with van der Waals surface area (Å²) in [5.41, 5.74) is 3.45. The molecule has 0 radical (unpaired) electrons. The average Bonchev–Trinajstić information content (AvgIpc) is 3.15. The molecule has 22 heavy (non-hydrogen) atoms. The van der Waals surface area contributed by atoms with Gasteiger partial charge in [-0.2, -0.15) is 5.10 Å². The molecule has 3 heterocycles. The highest BCUT2D eigenvalue weighted by atomic mass is 15.2. The molecule has 112 valence electrons. The molecule has 3 aromatic heterocycles. The Morgan fingerprint density at radius 1 is 1.14 bits per heavy atom. The minimum absolute atomic E-state index is 0.503. The lowest BCUT2D eigenvalue weighted by molar-refractivity contribution is 0.744. The second-order valence-corrected chi connectivity index (χ2v) is 5.79. The highest BCUT2D eigenvalue weighted by Crippen LogP contribution is 2.22. The first-order valence-electron chi connectivity index (χ1n) is 7.71. The maximum Gasteiger partial charge on any atom is 0.223 e. The van der Waals surface area contributed by atoms with E-state index >= 15 is 0 Å². The quantitative estimate of drug-likeness (QED) is 0.804. The van der Waals surface area contributed by atoms with Crippen molar-refractivity contribution in [3.8, 4) is 11.4 Å². The molecule has 4 rings (SSSR count). The summed E-state index contributed by atoms with van der Waals surface area (Å²) in [6.07, 6.45) is 8.68. The van der Waals surface area contributed by atoms with Gasteiger partial charge in [0.1, 0.15) is 0 Å². The molecule has 0 atom stereocenters. The Morgan fingerprint density at radius 3 is 2.82 bits per heavy atom. The number of hydrogen-bond donors (Lipinski definition) is 1. The first-order valence-corrected chi connectivity index (χ1v) is 7.71. The van der Waals surface area contributed by atoms with E-state index in [4.69, 9.17) is 0 Å². The van der Waals surface area contributed by atoms with E-state index in [0.29, 0.717) is 12.0 Å². The van der Waals surface area contributed by atoms with Crippen LogP contribution >= 0.6 is 0 Å². The van der Waals surface area contributed by atoms with E-state index in [0.717, 1.165) is 22.7 Å². The average molecular weight is 294 g/mol. The standard InChI is InChI=1S/C16H18N6/c1-11-10-15-19-14(7-9-22(15)21-11)13-6-8-17-16(20-13)18-12-4-2-3-5-12/h6-10,12H,2-5H2,1H3,(H,17,18,20). The van der Waals surface area contributed by atoms with Crippen molar-refractivity contribution in [2.75, 3.05) is 5.32 Å². The van der Waals surface area contributed by atoms with Crippen LogP contribution in [0.25, 0.3) is 17.0 Å². The van der Waals surface area contributed by atoms with Crippen LogP contribution < -0.4 is 5.32 Å². The van der Waals surface area contributed by atoms with Gasteiger partial charge in [0.2, 0.25) is 5.95 Å². The van der Waals surface area contributed by atoms with E-state index in [1.165, 1.54) is 25.7 Å². The van der Waals surface area contributed by atoms with Gasteiger partial charge in [0, 0.05) is 24.5 Å². The third-order valence-corrected chi connectivity index (χ3v) is 4.05. The highest BCUT2D eigenvalue weighted by Gasteiger charge is 2.16. The van der Waals surface area contributed by atoms with Gasteiger partial charge in [-0.15, -0.1) is 0 Å². The normalized spacial score (nSPS) is 15.5. The monoisotopic (exact) mass is 294 g/mol. The van der Waals surface area contributed by atoms with Crippen LogP contribution in [-0.4, -0.2) is 30.6 Å². The fraction of sp³-hybridized carbons (Fsp3) is 0.375. The van der Waals surface area contributed by atoms with Gasteiger partial charge in [-0.3, -0.25) is 0 Å². The Labute approximate surface area is 128 Å². The van der Waals surface area contributed by atoms with Crippen molar-refractivity contribution in [3.63, 3.8) is 0 Å². The van der Waals surface area contributed by atoms with E-state index in [2.05, 4.69) is 25.4 Å². The molecule has 6 nitrogen and oxygen atoms in total. The van der Waals surface area contributed by atoms with Gasteiger partial charge in [0.15, 0.2) is 5.65 Å². The SMILES string of the molecule is Cc1cc2nc(-c3ccnc(NC4CCCC4)n3)ccn2n1. The van der Waals surface area contributed by atoms with E-state index in [9.17, 15) is 0 Å². The number of fused-ring (bicyclic) bond motifs is 1. The maximum atomic E-state index is 4.62. The second-order valence-electron chi connectivity index (χ2n) is 5.79. The summed E-state index contributed by atoms with van der Waals surface area (Å²) in [6.45, 7) is 1.96. The number of nitrogens with one attached hydrogen (secondary N) is 1. The topological polar surface area (TPSA) is 68.0 Å². The van der Waals surface area contributed by atoms with Crippen molar-refractivity contribution in [2.24, 2.45) is 0 Å². The predicted octanol–water partition coefficient (Wildman–Crippen LogP) is 2.85. The van der Waals surface area contributed by atoms with Gasteiger partial charge in [0.25, 0.3) is 0 Å². The summed E-state index contributed by atoms with van der Waals surface area (Å²) in [4.78, 5) is 13.6. The van der Waals surface area contributed by atoms with Gasteiger partial charge >= 0.3 is 0 Å². The van der Waals surface area contributed by atoms with E-state index < -0.39 is 0 Å². The number of hydrogen-bond acceptors (Lipinski definition) is 5. The summed E-state index contributed by atoms with van der Waals surface area (Å²) in [6, 6.07) is 6.29. The minimum Gasteiger partial charge on any atom is -0.351 e. The molecule has 0 aliphatic heterocycles. The fourth-order valence-corrected chi connectivity index (χ4v) is 2.96. The molecule has 0 spiro atoms. The zero-order valence-electron chi connectivity index (χ0n) is 12.5. The lowest BCUT2D eigenvalue weighted by Crippen LogP contribution is -2.16. The molecule has 0 saturated heterocycles. The third kappa shape index (κ3) is 2.52. The molecule has 0 amide bonds. The molecule has 6 heteroatoms. The molecular weight excluding hydrogens is 276 g/mol. The van der Waals surface area contributed by atoms with E-state index in [-0.39, 0.29) is 0 Å². The zero-order chi connectivity index (χ0) is 14.9. The number of nitrogens with zero attached hydrogens (tertiary/aromatic N) is 5. The maximum absolute atomic E-state index is 4.62. The second kappa shape index (κ2) is 5.36. The predicted molar refractivity (Wildman–Crippen MR) is 84.6 cm³/mol. The first kappa shape index (κ1) is 13.2. The van der Waals surface area contributed by atoms with Crippen molar-refractivity contribution in [3.05, 3.63) is 36.3 Å². The van der Waals surface area contributed by atoms with Crippen molar-refractivity contribution < 1.29 is 0 Å². The number of rotatable bonds is 3. The van der Waals surface area contributed by atoms with Gasteiger partial charge in [0.05, 0.1) is 17.1 Å². The summed E-state index contributed by atoms with van der Waals surface area (Å²) in [5, 5.41) is 7.77. The Kier molecular flexibility index (Phi) is 3.21. The molecular formula is C16H18N6. The lowest BCUT2D eigenvalue weighted by atomic mass is 10.2. The van der Waals surface area contributed by atoms with Crippen LogP contribution in [0, 0.1) is 6.92 Å². The molecule has 1 N–H and O–H groups in total. The molecule has 0 aromatic carbocycles. The summed E-state index contributed by atoms with van der Waals surface area (Å²) in [5.74, 6) is 0.691. The Morgan fingerprint density at radius 2 is 1.95 bits per heavy atom. The van der Waals surface area contributed by atoms with Crippen molar-refractivity contribution in [1.82, 2.24) is 24.6 Å². The van der Waals surface area contributed by atoms with Gasteiger partial charge < -0.3 is 5.32 Å². The number of aromatic nitrogens is 5. The molecule has 1 saturated carbocycles. The van der Waals surface area contributed by atoms with Crippen LogP contribution in [0.15, 0.2) is 30.6 Å². The zero-order valence-corrected chi connectivity index (χ0v) is 12.5. The summed E-state index contributed by atoms with van der Waals surface area (Å²) >= 11 is 0. The molecule has 3 aromatic rings. The van der Waals surface area contributed by atoms with Crippen LogP contribution in [0.4, 0.5) is 5.95 Å². The van der Waals surface area contributed by atoms with E-state index in [1.54, 1.807) is 10.7 Å². The first-order chi connectivity index (χ1) is 10.8. The van der Waals surface area contributed by atoms with Gasteiger partial charge in [-0.05, 0) is 31.9 Å². The third-order valence-electron chi connectivity index (χ3n) is 4.05. The largest absolute Gasteiger partial charge is 0.351 e. The molecule has 1 aliphatic rings. The molecule has 0 bridgehead atoms. The van der Waals surface area contributed by atoms with Crippen LogP contribution in [0.1, 0.15) is 31.4 Å². The minimum atomic E-state index is 0.503.